The van der Waals surface area contributed by atoms with E-state index in [1.165, 1.54) is 12.8 Å². The largest absolute Gasteiger partial charge is 0.303 e. The van der Waals surface area contributed by atoms with Crippen LogP contribution in [0.2, 0.25) is 0 Å². The number of aldehydes is 1. The lowest BCUT2D eigenvalue weighted by Crippen LogP contribution is -2.00. The van der Waals surface area contributed by atoms with E-state index in [0.717, 1.165) is 25.5 Å². The van der Waals surface area contributed by atoms with Gasteiger partial charge in [-0.25, -0.2) is 0 Å². The van der Waals surface area contributed by atoms with E-state index in [4.69, 9.17) is 0 Å². The van der Waals surface area contributed by atoms with Gasteiger partial charge in [0.15, 0.2) is 0 Å². The third kappa shape index (κ3) is 4.54. The van der Waals surface area contributed by atoms with Crippen LogP contribution in [0.1, 0.15) is 46.0 Å². The fourth-order valence-corrected chi connectivity index (χ4v) is 1.12. The molecule has 0 saturated heterocycles. The number of hydrogen-bond donors (Lipinski definition) is 0. The second-order valence-corrected chi connectivity index (χ2v) is 2.83. The van der Waals surface area contributed by atoms with Crippen molar-refractivity contribution in [1.29, 1.82) is 0 Å². The van der Waals surface area contributed by atoms with E-state index in [-0.39, 0.29) is 0 Å². The van der Waals surface area contributed by atoms with Crippen LogP contribution >= 0.6 is 0 Å². The molecule has 0 bridgehead atoms. The topological polar surface area (TPSA) is 17.1 Å². The van der Waals surface area contributed by atoms with E-state index < -0.39 is 0 Å². The minimum atomic E-state index is 0.338. The van der Waals surface area contributed by atoms with Gasteiger partial charge >= 0.3 is 0 Å². The van der Waals surface area contributed by atoms with Gasteiger partial charge in [-0.2, -0.15) is 0 Å². The van der Waals surface area contributed by atoms with Gasteiger partial charge in [-0.3, -0.25) is 0 Å². The molecule has 1 unspecified atom stereocenters. The fourth-order valence-electron chi connectivity index (χ4n) is 1.12. The fraction of sp³-hybridized carbons (Fsp3) is 0.889. The number of carbonyl (C=O) groups is 1. The molecule has 10 heavy (non-hydrogen) atoms. The highest BCUT2D eigenvalue weighted by molar-refractivity contribution is 5.53. The van der Waals surface area contributed by atoms with E-state index in [1.54, 1.807) is 0 Å². The van der Waals surface area contributed by atoms with Crippen molar-refractivity contribution in [3.8, 4) is 0 Å². The second-order valence-electron chi connectivity index (χ2n) is 2.83. The summed E-state index contributed by atoms with van der Waals surface area (Å²) in [6.45, 7) is 4.29. The first-order chi connectivity index (χ1) is 4.85. The summed E-state index contributed by atoms with van der Waals surface area (Å²) in [5.41, 5.74) is 0. The van der Waals surface area contributed by atoms with E-state index in [2.05, 4.69) is 13.8 Å². The van der Waals surface area contributed by atoms with Gasteiger partial charge < -0.3 is 4.79 Å². The molecule has 0 aliphatic rings. The lowest BCUT2D eigenvalue weighted by atomic mass is 9.99. The molecule has 0 rings (SSSR count). The molecule has 1 heteroatoms. The minimum Gasteiger partial charge on any atom is -0.303 e. The maximum Gasteiger partial charge on any atom is 0.123 e. The van der Waals surface area contributed by atoms with Gasteiger partial charge in [-0.1, -0.05) is 33.1 Å². The van der Waals surface area contributed by atoms with Gasteiger partial charge in [0.05, 0.1) is 0 Å². The molecule has 0 aliphatic heterocycles. The summed E-state index contributed by atoms with van der Waals surface area (Å²) in [6, 6.07) is 0. The van der Waals surface area contributed by atoms with Crippen molar-refractivity contribution in [3.63, 3.8) is 0 Å². The van der Waals surface area contributed by atoms with Crippen molar-refractivity contribution >= 4 is 6.29 Å². The summed E-state index contributed by atoms with van der Waals surface area (Å²) < 4.78 is 0. The third-order valence-electron chi connectivity index (χ3n) is 1.78. The Morgan fingerprint density at radius 1 is 1.20 bits per heavy atom. The molecule has 0 saturated carbocycles. The second kappa shape index (κ2) is 6.79. The van der Waals surface area contributed by atoms with E-state index >= 15 is 0 Å². The molecule has 1 atom stereocenters. The molecule has 0 radical (unpaired) electrons. The van der Waals surface area contributed by atoms with Gasteiger partial charge in [0.25, 0.3) is 0 Å². The first-order valence-electron chi connectivity index (χ1n) is 4.30. The standard InChI is InChI=1S/C9H18O/c1-3-5-7-9(8-10)6-4-2/h8-9H,3-7H2,1-2H3. The zero-order chi connectivity index (χ0) is 7.82. The zero-order valence-corrected chi connectivity index (χ0v) is 7.10. The molecule has 0 aromatic rings. The van der Waals surface area contributed by atoms with E-state index in [9.17, 15) is 4.79 Å². The Morgan fingerprint density at radius 3 is 2.30 bits per heavy atom. The highest BCUT2D eigenvalue weighted by Gasteiger charge is 2.03. The maximum absolute atomic E-state index is 10.4. The molecular formula is C9H18O. The predicted molar refractivity (Wildman–Crippen MR) is 44.0 cm³/mol. The Morgan fingerprint density at radius 2 is 1.90 bits per heavy atom. The summed E-state index contributed by atoms with van der Waals surface area (Å²) in [5, 5.41) is 0. The Bertz CT molecular complexity index is 78.8. The average Bonchev–Trinajstić information content (AvgIpc) is 1.98. The highest BCUT2D eigenvalue weighted by Crippen LogP contribution is 2.11. The molecule has 1 nitrogen and oxygen atoms in total. The molecule has 0 aromatic carbocycles. The summed E-state index contributed by atoms with van der Waals surface area (Å²) in [5.74, 6) is 0.338. The van der Waals surface area contributed by atoms with E-state index in [1.807, 2.05) is 0 Å². The van der Waals surface area contributed by atoms with Crippen LogP contribution in [0, 0.1) is 5.92 Å². The summed E-state index contributed by atoms with van der Waals surface area (Å²) >= 11 is 0. The lowest BCUT2D eigenvalue weighted by molar-refractivity contribution is -0.111. The average molecular weight is 142 g/mol. The van der Waals surface area contributed by atoms with Crippen molar-refractivity contribution < 1.29 is 4.79 Å². The van der Waals surface area contributed by atoms with Crippen molar-refractivity contribution in [2.45, 2.75) is 46.0 Å². The number of unbranched alkanes of at least 4 members (excludes halogenated alkanes) is 1. The van der Waals surface area contributed by atoms with Crippen molar-refractivity contribution in [1.82, 2.24) is 0 Å². The molecule has 0 amide bonds. The van der Waals surface area contributed by atoms with Crippen LogP contribution in [-0.4, -0.2) is 6.29 Å². The monoisotopic (exact) mass is 142 g/mol. The smallest absolute Gasteiger partial charge is 0.123 e. The minimum absolute atomic E-state index is 0.338. The van der Waals surface area contributed by atoms with Gasteiger partial charge in [0, 0.05) is 5.92 Å². The maximum atomic E-state index is 10.4. The molecule has 60 valence electrons. The molecule has 0 fully saturated rings. The molecular weight excluding hydrogens is 124 g/mol. The lowest BCUT2D eigenvalue weighted by Gasteiger charge is -2.05. The van der Waals surface area contributed by atoms with Crippen LogP contribution in [-0.2, 0) is 4.79 Å². The van der Waals surface area contributed by atoms with Crippen molar-refractivity contribution in [3.05, 3.63) is 0 Å². The van der Waals surface area contributed by atoms with Crippen LogP contribution in [0.15, 0.2) is 0 Å². The molecule has 0 spiro atoms. The first-order valence-corrected chi connectivity index (χ1v) is 4.30. The SMILES string of the molecule is CCCCC(C=O)CCC. The first kappa shape index (κ1) is 9.67. The molecule has 0 heterocycles. The van der Waals surface area contributed by atoms with E-state index in [0.29, 0.717) is 5.92 Å². The van der Waals surface area contributed by atoms with Crippen LogP contribution in [0.5, 0.6) is 0 Å². The summed E-state index contributed by atoms with van der Waals surface area (Å²) in [6.07, 6.45) is 6.81. The molecule has 0 aliphatic carbocycles. The summed E-state index contributed by atoms with van der Waals surface area (Å²) in [7, 11) is 0. The van der Waals surface area contributed by atoms with Gasteiger partial charge in [0.2, 0.25) is 0 Å². The van der Waals surface area contributed by atoms with Gasteiger partial charge in [-0.05, 0) is 12.8 Å². The van der Waals surface area contributed by atoms with Crippen LogP contribution < -0.4 is 0 Å². The van der Waals surface area contributed by atoms with Crippen LogP contribution in [0.25, 0.3) is 0 Å². The van der Waals surface area contributed by atoms with Crippen LogP contribution in [0.3, 0.4) is 0 Å². The zero-order valence-electron chi connectivity index (χ0n) is 7.10. The quantitative estimate of drug-likeness (QED) is 0.521. The number of carbonyl (C=O) groups excluding carboxylic acids is 1. The number of hydrogen-bond acceptors (Lipinski definition) is 1. The van der Waals surface area contributed by atoms with Gasteiger partial charge in [-0.15, -0.1) is 0 Å². The Labute approximate surface area is 63.8 Å². The molecule has 0 aromatic heterocycles. The Kier molecular flexibility index (Phi) is 6.56. The summed E-state index contributed by atoms with van der Waals surface area (Å²) in [4.78, 5) is 10.4. The van der Waals surface area contributed by atoms with Crippen LogP contribution in [0.4, 0.5) is 0 Å². The predicted octanol–water partition coefficient (Wildman–Crippen LogP) is 2.79. The third-order valence-corrected chi connectivity index (χ3v) is 1.78. The Hall–Kier alpha value is -0.330. The number of rotatable bonds is 6. The molecule has 0 N–H and O–H groups in total. The normalized spacial score (nSPS) is 13.0. The Balaban J connectivity index is 3.29. The van der Waals surface area contributed by atoms with Crippen molar-refractivity contribution in [2.24, 2.45) is 5.92 Å². The van der Waals surface area contributed by atoms with Crippen molar-refractivity contribution in [2.75, 3.05) is 0 Å². The van der Waals surface area contributed by atoms with Gasteiger partial charge in [0.1, 0.15) is 6.29 Å². The highest BCUT2D eigenvalue weighted by atomic mass is 16.1.